The third-order valence-corrected chi connectivity index (χ3v) is 5.93. The maximum atomic E-state index is 5.84. The van der Waals surface area contributed by atoms with Gasteiger partial charge >= 0.3 is 0 Å². The van der Waals surface area contributed by atoms with Crippen LogP contribution in [0.25, 0.3) is 0 Å². The summed E-state index contributed by atoms with van der Waals surface area (Å²) in [4.78, 5) is 6.67. The zero-order valence-electron chi connectivity index (χ0n) is 17.1. The third-order valence-electron chi connectivity index (χ3n) is 5.93. The molecular weight excluding hydrogens is 366 g/mol. The first kappa shape index (κ1) is 18.6. The third kappa shape index (κ3) is 4.44. The Kier molecular flexibility index (Phi) is 4.76. The van der Waals surface area contributed by atoms with Crippen molar-refractivity contribution in [3.05, 3.63) is 35.3 Å². The number of aryl methyl sites for hydroxylation is 1. The Labute approximate surface area is 171 Å². The molecule has 0 aromatic carbocycles. The molecule has 5 rings (SSSR count). The Balaban J connectivity index is 1.18. The zero-order valence-corrected chi connectivity index (χ0v) is 17.1. The van der Waals surface area contributed by atoms with Crippen LogP contribution in [0.5, 0.6) is 0 Å². The Morgan fingerprint density at radius 1 is 1.28 bits per heavy atom. The van der Waals surface area contributed by atoms with Crippen molar-refractivity contribution in [2.75, 3.05) is 25.2 Å². The minimum Gasteiger partial charge on any atom is -0.351 e. The standard InChI is InChI=1S/C22H27N5O2/c1-16-9-18(6-5-17-3-4-17)10-23-19(16)11-26(2)20-12-27(25-24-20)13-21-28-14-22(7-8-22)15-29-21/h9-10,12,17,21H,3-4,7-8,11,13-15H2,1-2H3. The van der Waals surface area contributed by atoms with Crippen LogP contribution in [0.1, 0.15) is 42.5 Å². The maximum absolute atomic E-state index is 5.84. The number of hydrogen-bond donors (Lipinski definition) is 0. The van der Waals surface area contributed by atoms with E-state index in [1.54, 1.807) is 4.68 Å². The van der Waals surface area contributed by atoms with E-state index >= 15 is 0 Å². The molecule has 0 radical (unpaired) electrons. The van der Waals surface area contributed by atoms with Gasteiger partial charge in [-0.3, -0.25) is 4.98 Å². The van der Waals surface area contributed by atoms with Gasteiger partial charge in [-0.15, -0.1) is 5.10 Å². The Bertz CT molecular complexity index is 942. The molecule has 29 heavy (non-hydrogen) atoms. The van der Waals surface area contributed by atoms with Gasteiger partial charge in [0.15, 0.2) is 12.1 Å². The molecule has 3 aliphatic rings. The fourth-order valence-electron chi connectivity index (χ4n) is 3.46. The van der Waals surface area contributed by atoms with Crippen molar-refractivity contribution in [1.82, 2.24) is 20.0 Å². The van der Waals surface area contributed by atoms with Crippen LogP contribution >= 0.6 is 0 Å². The van der Waals surface area contributed by atoms with Crippen LogP contribution in [0, 0.1) is 30.1 Å². The van der Waals surface area contributed by atoms with E-state index in [-0.39, 0.29) is 6.29 Å². The summed E-state index contributed by atoms with van der Waals surface area (Å²) in [6.07, 6.45) is 8.48. The topological polar surface area (TPSA) is 65.3 Å². The summed E-state index contributed by atoms with van der Waals surface area (Å²) < 4.78 is 13.5. The molecule has 1 spiro atoms. The van der Waals surface area contributed by atoms with E-state index in [1.165, 1.54) is 25.7 Å². The molecule has 2 aliphatic carbocycles. The highest BCUT2D eigenvalue weighted by Crippen LogP contribution is 2.48. The van der Waals surface area contributed by atoms with E-state index in [2.05, 4.69) is 45.0 Å². The molecule has 3 heterocycles. The van der Waals surface area contributed by atoms with Gasteiger partial charge in [0.05, 0.1) is 38.2 Å². The molecule has 2 saturated carbocycles. The molecule has 7 nitrogen and oxygen atoms in total. The van der Waals surface area contributed by atoms with E-state index < -0.39 is 0 Å². The molecule has 2 aromatic rings. The molecule has 0 N–H and O–H groups in total. The Morgan fingerprint density at radius 3 is 2.76 bits per heavy atom. The van der Waals surface area contributed by atoms with Crippen LogP contribution in [0.2, 0.25) is 0 Å². The van der Waals surface area contributed by atoms with Crippen molar-refractivity contribution in [3.8, 4) is 11.8 Å². The van der Waals surface area contributed by atoms with Crippen molar-refractivity contribution in [1.29, 1.82) is 0 Å². The van der Waals surface area contributed by atoms with Gasteiger partial charge in [-0.25, -0.2) is 4.68 Å². The van der Waals surface area contributed by atoms with Gasteiger partial charge in [0.1, 0.15) is 0 Å². The molecule has 2 aromatic heterocycles. The van der Waals surface area contributed by atoms with E-state index in [4.69, 9.17) is 9.47 Å². The first-order chi connectivity index (χ1) is 14.1. The average Bonchev–Trinajstić information content (AvgIpc) is 3.64. The average molecular weight is 393 g/mol. The summed E-state index contributed by atoms with van der Waals surface area (Å²) in [6.45, 7) is 4.90. The number of rotatable bonds is 5. The number of hydrogen-bond acceptors (Lipinski definition) is 6. The van der Waals surface area contributed by atoms with Crippen molar-refractivity contribution in [3.63, 3.8) is 0 Å². The Morgan fingerprint density at radius 2 is 2.07 bits per heavy atom. The van der Waals surface area contributed by atoms with Crippen molar-refractivity contribution >= 4 is 5.82 Å². The van der Waals surface area contributed by atoms with Crippen LogP contribution < -0.4 is 4.90 Å². The summed E-state index contributed by atoms with van der Waals surface area (Å²) >= 11 is 0. The van der Waals surface area contributed by atoms with Crippen LogP contribution in [-0.4, -0.2) is 46.5 Å². The SMILES string of the molecule is Cc1cc(C#CC2CC2)cnc1CN(C)c1cn(CC2OCC3(CC3)CO2)nn1. The van der Waals surface area contributed by atoms with Crippen LogP contribution in [-0.2, 0) is 22.6 Å². The molecule has 7 heteroatoms. The predicted molar refractivity (Wildman–Crippen MR) is 108 cm³/mol. The lowest BCUT2D eigenvalue weighted by Crippen LogP contribution is -2.36. The van der Waals surface area contributed by atoms with Gasteiger partial charge in [0, 0.05) is 30.1 Å². The van der Waals surface area contributed by atoms with Crippen LogP contribution in [0.4, 0.5) is 5.82 Å². The van der Waals surface area contributed by atoms with Crippen molar-refractivity contribution in [2.24, 2.45) is 11.3 Å². The van der Waals surface area contributed by atoms with Crippen molar-refractivity contribution in [2.45, 2.75) is 52.0 Å². The second-order valence-electron chi connectivity index (χ2n) is 8.74. The van der Waals surface area contributed by atoms with Gasteiger partial charge in [-0.1, -0.05) is 17.1 Å². The maximum Gasteiger partial charge on any atom is 0.177 e. The lowest BCUT2D eigenvalue weighted by atomic mass is 10.1. The number of anilines is 1. The highest BCUT2D eigenvalue weighted by molar-refractivity contribution is 5.40. The molecule has 1 aliphatic heterocycles. The highest BCUT2D eigenvalue weighted by Gasteiger charge is 2.46. The fourth-order valence-corrected chi connectivity index (χ4v) is 3.46. The van der Waals surface area contributed by atoms with Gasteiger partial charge in [0.25, 0.3) is 0 Å². The summed E-state index contributed by atoms with van der Waals surface area (Å²) in [5, 5.41) is 8.53. The monoisotopic (exact) mass is 393 g/mol. The molecule has 0 amide bonds. The van der Waals surface area contributed by atoms with Gasteiger partial charge in [-0.05, 0) is 44.2 Å². The van der Waals surface area contributed by atoms with Gasteiger partial charge in [0.2, 0.25) is 0 Å². The fraction of sp³-hybridized carbons (Fsp3) is 0.591. The normalized spacial score (nSPS) is 20.3. The molecule has 1 saturated heterocycles. The number of pyridine rings is 1. The molecule has 0 bridgehead atoms. The molecule has 0 unspecified atom stereocenters. The van der Waals surface area contributed by atoms with Crippen LogP contribution in [0.3, 0.4) is 0 Å². The minimum absolute atomic E-state index is 0.241. The van der Waals surface area contributed by atoms with E-state index in [9.17, 15) is 0 Å². The number of aromatic nitrogens is 4. The number of ether oxygens (including phenoxy) is 2. The lowest BCUT2D eigenvalue weighted by molar-refractivity contribution is -0.213. The first-order valence-electron chi connectivity index (χ1n) is 10.4. The first-order valence-corrected chi connectivity index (χ1v) is 10.4. The highest BCUT2D eigenvalue weighted by atomic mass is 16.7. The van der Waals surface area contributed by atoms with Gasteiger partial charge in [-0.2, -0.15) is 0 Å². The molecule has 3 fully saturated rings. The Hall–Kier alpha value is -2.43. The lowest BCUT2D eigenvalue weighted by Gasteiger charge is -2.29. The smallest absolute Gasteiger partial charge is 0.177 e. The predicted octanol–water partition coefficient (Wildman–Crippen LogP) is 2.53. The molecular formula is C22H27N5O2. The van der Waals surface area contributed by atoms with E-state index in [0.29, 0.717) is 24.4 Å². The second-order valence-corrected chi connectivity index (χ2v) is 8.74. The quantitative estimate of drug-likeness (QED) is 0.728. The number of nitrogens with zero attached hydrogens (tertiary/aromatic N) is 5. The van der Waals surface area contributed by atoms with Gasteiger partial charge < -0.3 is 14.4 Å². The van der Waals surface area contributed by atoms with Crippen LogP contribution in [0.15, 0.2) is 18.5 Å². The summed E-state index contributed by atoms with van der Waals surface area (Å²) in [5.41, 5.74) is 3.47. The van der Waals surface area contributed by atoms with E-state index in [1.807, 2.05) is 19.4 Å². The van der Waals surface area contributed by atoms with E-state index in [0.717, 1.165) is 35.9 Å². The second kappa shape index (κ2) is 7.43. The summed E-state index contributed by atoms with van der Waals surface area (Å²) in [6, 6.07) is 2.12. The van der Waals surface area contributed by atoms with Crippen molar-refractivity contribution < 1.29 is 9.47 Å². The largest absolute Gasteiger partial charge is 0.351 e. The molecule has 0 atom stereocenters. The zero-order chi connectivity index (χ0) is 19.8. The minimum atomic E-state index is -0.241. The molecule has 152 valence electrons. The summed E-state index contributed by atoms with van der Waals surface area (Å²) in [7, 11) is 2.00. The summed E-state index contributed by atoms with van der Waals surface area (Å²) in [5.74, 6) is 7.93.